The summed E-state index contributed by atoms with van der Waals surface area (Å²) in [4.78, 5) is 12.6. The van der Waals surface area contributed by atoms with Crippen molar-refractivity contribution in [3.63, 3.8) is 0 Å². The van der Waals surface area contributed by atoms with Crippen LogP contribution in [0.3, 0.4) is 0 Å². The first kappa shape index (κ1) is 21.8. The van der Waals surface area contributed by atoms with Gasteiger partial charge in [0.25, 0.3) is 0 Å². The number of hydrogen-bond donors (Lipinski definition) is 3. The second-order valence-electron chi connectivity index (χ2n) is 6.03. The maximum Gasteiger partial charge on any atom is 0.390 e. The number of sulfonamides is 1. The lowest BCUT2D eigenvalue weighted by Crippen LogP contribution is -2.32. The van der Waals surface area contributed by atoms with E-state index < -0.39 is 28.4 Å². The second kappa shape index (κ2) is 9.15. The van der Waals surface area contributed by atoms with Gasteiger partial charge in [-0.3, -0.25) is 0 Å². The van der Waals surface area contributed by atoms with E-state index in [0.717, 1.165) is 5.56 Å². The Balaban J connectivity index is 1.88. The van der Waals surface area contributed by atoms with Crippen LogP contribution in [0, 0.1) is 13.8 Å². The van der Waals surface area contributed by atoms with E-state index in [-0.39, 0.29) is 13.1 Å². The Labute approximate surface area is 161 Å². The van der Waals surface area contributed by atoms with Crippen molar-refractivity contribution in [3.8, 4) is 0 Å². The van der Waals surface area contributed by atoms with Crippen LogP contribution < -0.4 is 15.4 Å². The van der Waals surface area contributed by atoms with Gasteiger partial charge in [0.1, 0.15) is 23.3 Å². The van der Waals surface area contributed by atoms with Gasteiger partial charge in [-0.25, -0.2) is 28.1 Å². The Bertz CT molecular complexity index is 905. The summed E-state index contributed by atoms with van der Waals surface area (Å²) < 4.78 is 61.6. The zero-order valence-electron chi connectivity index (χ0n) is 15.3. The smallest absolute Gasteiger partial charge is 0.369 e. The molecule has 0 saturated heterocycles. The van der Waals surface area contributed by atoms with Gasteiger partial charge in [-0.1, -0.05) is 0 Å². The molecule has 0 aliphatic heterocycles. The standard InChI is InChI=1S/C16H21F3N6O2S/c1-11-3-5-20-13(9-11)25-15-10-14(23-12(2)24-15)21-6-7-22-28(26,27)8-4-16(17,18)19/h3,5,9-10,22H,4,6-8H2,1-2H3,(H2,20,21,23,24,25). The molecule has 0 fully saturated rings. The Morgan fingerprint density at radius 1 is 1.04 bits per heavy atom. The summed E-state index contributed by atoms with van der Waals surface area (Å²) in [6, 6.07) is 5.33. The summed E-state index contributed by atoms with van der Waals surface area (Å²) in [5.41, 5.74) is 1.03. The highest BCUT2D eigenvalue weighted by Gasteiger charge is 2.29. The summed E-state index contributed by atoms with van der Waals surface area (Å²) >= 11 is 0. The largest absolute Gasteiger partial charge is 0.390 e. The molecule has 0 unspecified atom stereocenters. The minimum atomic E-state index is -4.51. The van der Waals surface area contributed by atoms with E-state index >= 15 is 0 Å². The van der Waals surface area contributed by atoms with Crippen molar-refractivity contribution in [2.45, 2.75) is 26.4 Å². The first-order chi connectivity index (χ1) is 13.0. The van der Waals surface area contributed by atoms with Gasteiger partial charge >= 0.3 is 6.18 Å². The topological polar surface area (TPSA) is 109 Å². The monoisotopic (exact) mass is 418 g/mol. The Kier molecular flexibility index (Phi) is 7.13. The van der Waals surface area contributed by atoms with Crippen LogP contribution in [0.2, 0.25) is 0 Å². The van der Waals surface area contributed by atoms with Crippen molar-refractivity contribution in [1.29, 1.82) is 0 Å². The normalized spacial score (nSPS) is 12.0. The third kappa shape index (κ3) is 8.05. The summed E-state index contributed by atoms with van der Waals surface area (Å²) in [6.45, 7) is 3.69. The number of aryl methyl sites for hydroxylation is 2. The van der Waals surface area contributed by atoms with Crippen molar-refractivity contribution < 1.29 is 21.6 Å². The van der Waals surface area contributed by atoms with E-state index in [1.807, 2.05) is 19.1 Å². The fourth-order valence-corrected chi connectivity index (χ4v) is 3.23. The van der Waals surface area contributed by atoms with Crippen molar-refractivity contribution in [1.82, 2.24) is 19.7 Å². The van der Waals surface area contributed by atoms with Crippen LogP contribution in [0.15, 0.2) is 24.4 Å². The van der Waals surface area contributed by atoms with Crippen molar-refractivity contribution >= 4 is 27.5 Å². The number of rotatable bonds is 9. The summed E-state index contributed by atoms with van der Waals surface area (Å²) in [6.07, 6.45) is -4.24. The average molecular weight is 418 g/mol. The van der Waals surface area contributed by atoms with E-state index in [4.69, 9.17) is 0 Å². The van der Waals surface area contributed by atoms with Gasteiger partial charge in [-0.15, -0.1) is 0 Å². The quantitative estimate of drug-likeness (QED) is 0.537. The lowest BCUT2D eigenvalue weighted by Gasteiger charge is -2.11. The molecule has 12 heteroatoms. The zero-order chi connectivity index (χ0) is 20.8. The number of nitrogens with one attached hydrogen (secondary N) is 3. The maximum atomic E-state index is 12.1. The fourth-order valence-electron chi connectivity index (χ4n) is 2.18. The van der Waals surface area contributed by atoms with Crippen LogP contribution in [0.4, 0.5) is 30.6 Å². The third-order valence-electron chi connectivity index (χ3n) is 3.42. The van der Waals surface area contributed by atoms with Crippen LogP contribution >= 0.6 is 0 Å². The van der Waals surface area contributed by atoms with Crippen LogP contribution in [0.1, 0.15) is 17.8 Å². The number of hydrogen-bond acceptors (Lipinski definition) is 7. The van der Waals surface area contributed by atoms with Gasteiger partial charge in [-0.2, -0.15) is 13.2 Å². The van der Waals surface area contributed by atoms with E-state index in [9.17, 15) is 21.6 Å². The molecule has 8 nitrogen and oxygen atoms in total. The van der Waals surface area contributed by atoms with Gasteiger partial charge in [0.2, 0.25) is 10.0 Å². The minimum absolute atomic E-state index is 0.0779. The molecule has 2 aromatic heterocycles. The molecular weight excluding hydrogens is 397 g/mol. The molecule has 0 spiro atoms. The van der Waals surface area contributed by atoms with Crippen molar-refractivity contribution in [2.24, 2.45) is 0 Å². The summed E-state index contributed by atoms with van der Waals surface area (Å²) in [7, 11) is -3.99. The summed E-state index contributed by atoms with van der Waals surface area (Å²) in [5.74, 6) is 1.03. The van der Waals surface area contributed by atoms with E-state index in [1.54, 1.807) is 19.2 Å². The molecule has 0 saturated carbocycles. The molecule has 2 rings (SSSR count). The molecule has 0 aliphatic rings. The number of nitrogens with zero attached hydrogens (tertiary/aromatic N) is 3. The number of alkyl halides is 3. The van der Waals surface area contributed by atoms with Crippen LogP contribution in [0.25, 0.3) is 0 Å². The van der Waals surface area contributed by atoms with Crippen LogP contribution in [-0.4, -0.2) is 48.4 Å². The van der Waals surface area contributed by atoms with E-state index in [1.165, 1.54) is 0 Å². The van der Waals surface area contributed by atoms with Gasteiger partial charge < -0.3 is 10.6 Å². The molecular formula is C16H21F3N6O2S. The molecule has 0 atom stereocenters. The number of aromatic nitrogens is 3. The lowest BCUT2D eigenvalue weighted by molar-refractivity contribution is -0.129. The molecule has 0 bridgehead atoms. The van der Waals surface area contributed by atoms with Crippen LogP contribution in [-0.2, 0) is 10.0 Å². The van der Waals surface area contributed by atoms with Gasteiger partial charge in [0.15, 0.2) is 0 Å². The van der Waals surface area contributed by atoms with Crippen molar-refractivity contribution in [3.05, 3.63) is 35.8 Å². The van der Waals surface area contributed by atoms with Crippen LogP contribution in [0.5, 0.6) is 0 Å². The minimum Gasteiger partial charge on any atom is -0.369 e. The maximum absolute atomic E-state index is 12.1. The predicted octanol–water partition coefficient (Wildman–Crippen LogP) is 2.52. The fraction of sp³-hybridized carbons (Fsp3) is 0.438. The zero-order valence-corrected chi connectivity index (χ0v) is 16.2. The molecule has 3 N–H and O–H groups in total. The SMILES string of the molecule is Cc1ccnc(Nc2cc(NCCNS(=O)(=O)CCC(F)(F)F)nc(C)n2)c1. The van der Waals surface area contributed by atoms with Gasteiger partial charge in [0.05, 0.1) is 12.2 Å². The molecule has 0 aromatic carbocycles. The molecule has 2 aromatic rings. The average Bonchev–Trinajstić information content (AvgIpc) is 2.56. The summed E-state index contributed by atoms with van der Waals surface area (Å²) in [5, 5.41) is 5.96. The first-order valence-corrected chi connectivity index (χ1v) is 10.0. The molecule has 0 amide bonds. The lowest BCUT2D eigenvalue weighted by atomic mass is 10.3. The molecule has 0 radical (unpaired) electrons. The number of pyridine rings is 1. The highest BCUT2D eigenvalue weighted by atomic mass is 32.2. The van der Waals surface area contributed by atoms with E-state index in [0.29, 0.717) is 23.3 Å². The van der Waals surface area contributed by atoms with Crippen molar-refractivity contribution in [2.75, 3.05) is 29.5 Å². The Morgan fingerprint density at radius 2 is 1.75 bits per heavy atom. The molecule has 28 heavy (non-hydrogen) atoms. The Hall–Kier alpha value is -2.47. The second-order valence-corrected chi connectivity index (χ2v) is 7.96. The molecule has 0 aliphatic carbocycles. The van der Waals surface area contributed by atoms with Gasteiger partial charge in [0, 0.05) is 25.4 Å². The molecule has 2 heterocycles. The van der Waals surface area contributed by atoms with E-state index in [2.05, 4.69) is 30.3 Å². The van der Waals surface area contributed by atoms with Gasteiger partial charge in [-0.05, 0) is 31.5 Å². The number of anilines is 3. The Morgan fingerprint density at radius 3 is 2.43 bits per heavy atom. The number of halogens is 3. The highest BCUT2D eigenvalue weighted by Crippen LogP contribution is 2.20. The first-order valence-electron chi connectivity index (χ1n) is 8.36. The predicted molar refractivity (Wildman–Crippen MR) is 100.0 cm³/mol. The molecule has 154 valence electrons. The highest BCUT2D eigenvalue weighted by molar-refractivity contribution is 7.89. The third-order valence-corrected chi connectivity index (χ3v) is 4.80.